The van der Waals surface area contributed by atoms with E-state index in [0.717, 1.165) is 10.8 Å². The monoisotopic (exact) mass is 515 g/mol. The van der Waals surface area contributed by atoms with Gasteiger partial charge < -0.3 is 30.3 Å². The number of hydrogen-bond acceptors (Lipinski definition) is 10. The molecule has 188 valence electrons. The second kappa shape index (κ2) is 11.3. The zero-order valence-electron chi connectivity index (χ0n) is 17.7. The number of aliphatic hydroxyl groups is 1. The molecule has 0 radical (unpaired) electrons. The number of ether oxygens (including phenoxy) is 1. The molecule has 0 amide bonds. The van der Waals surface area contributed by atoms with E-state index < -0.39 is 57.8 Å². The second-order valence-corrected chi connectivity index (χ2v) is 10.2. The van der Waals surface area contributed by atoms with Crippen LogP contribution in [-0.2, 0) is 22.7 Å². The maximum atomic E-state index is 12.8. The van der Waals surface area contributed by atoms with Gasteiger partial charge in [-0.25, -0.2) is 13.9 Å². The summed E-state index contributed by atoms with van der Waals surface area (Å²) in [6, 6.07) is 0. The van der Waals surface area contributed by atoms with Gasteiger partial charge in [0.25, 0.3) is 5.56 Å². The SMILES string of the molecule is Cc1cn([C@H]2C[C@H](O)[C@@H](COP(=O)(O)OP(=O)(O)O)O2)c(=O)n(C(=O)CCCCCN)c1=O. The highest BCUT2D eigenvalue weighted by Crippen LogP contribution is 2.57. The Bertz CT molecular complexity index is 1060. The van der Waals surface area contributed by atoms with Crippen LogP contribution in [0.25, 0.3) is 0 Å². The molecule has 4 atom stereocenters. The molecular weight excluding hydrogens is 488 g/mol. The van der Waals surface area contributed by atoms with Crippen LogP contribution >= 0.6 is 15.6 Å². The topological polar surface area (TPSA) is 230 Å². The van der Waals surface area contributed by atoms with Gasteiger partial charge in [0.2, 0.25) is 5.91 Å². The number of phosphoric acid groups is 2. The highest BCUT2D eigenvalue weighted by Gasteiger charge is 2.39. The number of aliphatic hydroxyl groups excluding tert-OH is 1. The first kappa shape index (κ1) is 27.7. The number of aryl methyl sites for hydroxylation is 1. The summed E-state index contributed by atoms with van der Waals surface area (Å²) in [6.07, 6.45) is -1.06. The lowest BCUT2D eigenvalue weighted by Crippen LogP contribution is -2.45. The van der Waals surface area contributed by atoms with Crippen molar-refractivity contribution in [1.82, 2.24) is 9.13 Å². The fourth-order valence-electron chi connectivity index (χ4n) is 3.19. The molecule has 17 heteroatoms. The summed E-state index contributed by atoms with van der Waals surface area (Å²) in [6.45, 7) is 1.04. The molecule has 1 aliphatic rings. The van der Waals surface area contributed by atoms with E-state index in [0.29, 0.717) is 30.4 Å². The second-order valence-electron chi connectivity index (χ2n) is 7.40. The van der Waals surface area contributed by atoms with E-state index >= 15 is 0 Å². The van der Waals surface area contributed by atoms with Crippen LogP contribution in [0.15, 0.2) is 15.8 Å². The lowest BCUT2D eigenvalue weighted by Gasteiger charge is -2.19. The molecule has 0 bridgehead atoms. The van der Waals surface area contributed by atoms with Crippen LogP contribution in [0.5, 0.6) is 0 Å². The van der Waals surface area contributed by atoms with Crippen LogP contribution in [0, 0.1) is 6.92 Å². The van der Waals surface area contributed by atoms with Gasteiger partial charge in [-0.2, -0.15) is 8.88 Å². The summed E-state index contributed by atoms with van der Waals surface area (Å²) in [5, 5.41) is 10.2. The molecule has 0 saturated carbocycles. The van der Waals surface area contributed by atoms with Crippen LogP contribution in [-0.4, -0.2) is 60.2 Å². The third kappa shape index (κ3) is 7.76. The number of nitrogens with two attached hydrogens (primary N) is 1. The van der Waals surface area contributed by atoms with Crippen molar-refractivity contribution in [2.75, 3.05) is 13.2 Å². The van der Waals surface area contributed by atoms with Crippen LogP contribution in [0.3, 0.4) is 0 Å². The molecule has 1 fully saturated rings. The number of hydrogen-bond donors (Lipinski definition) is 5. The Hall–Kier alpha value is -1.51. The van der Waals surface area contributed by atoms with Gasteiger partial charge in [0.15, 0.2) is 0 Å². The molecule has 33 heavy (non-hydrogen) atoms. The summed E-state index contributed by atoms with van der Waals surface area (Å²) in [5.41, 5.74) is 3.70. The summed E-state index contributed by atoms with van der Waals surface area (Å²) < 4.78 is 37.3. The lowest BCUT2D eigenvalue weighted by molar-refractivity contribution is -0.0453. The molecule has 2 rings (SSSR count). The normalized spacial score (nSPS) is 22.9. The van der Waals surface area contributed by atoms with Crippen molar-refractivity contribution in [2.24, 2.45) is 5.73 Å². The van der Waals surface area contributed by atoms with E-state index in [9.17, 15) is 33.5 Å². The molecule has 0 aromatic carbocycles. The van der Waals surface area contributed by atoms with Crippen molar-refractivity contribution in [2.45, 2.75) is 57.5 Å². The number of rotatable bonds is 11. The van der Waals surface area contributed by atoms with E-state index in [1.807, 2.05) is 0 Å². The number of carbonyl (C=O) groups excluding carboxylic acids is 1. The molecule has 6 N–H and O–H groups in total. The van der Waals surface area contributed by atoms with Crippen molar-refractivity contribution >= 4 is 21.6 Å². The number of unbranched alkanes of at least 4 members (excludes halogenated alkanes) is 2. The zero-order valence-corrected chi connectivity index (χ0v) is 19.5. The summed E-state index contributed by atoms with van der Waals surface area (Å²) in [5.74, 6) is -0.700. The lowest BCUT2D eigenvalue weighted by atomic mass is 10.2. The van der Waals surface area contributed by atoms with Gasteiger partial charge >= 0.3 is 21.3 Å². The van der Waals surface area contributed by atoms with E-state index in [-0.39, 0.29) is 18.4 Å². The number of nitrogens with zero attached hydrogens (tertiary/aromatic N) is 2. The van der Waals surface area contributed by atoms with Crippen LogP contribution in [0.2, 0.25) is 0 Å². The predicted octanol–water partition coefficient (Wildman–Crippen LogP) is -0.648. The van der Waals surface area contributed by atoms with Gasteiger partial charge in [-0.15, -0.1) is 0 Å². The molecule has 1 aromatic rings. The smallest absolute Gasteiger partial charge is 0.390 e. The minimum atomic E-state index is -5.33. The minimum Gasteiger partial charge on any atom is -0.390 e. The quantitative estimate of drug-likeness (QED) is 0.182. The Kier molecular flexibility index (Phi) is 9.48. The molecule has 1 aliphatic heterocycles. The molecule has 1 aromatic heterocycles. The van der Waals surface area contributed by atoms with Crippen molar-refractivity contribution in [3.63, 3.8) is 0 Å². The Balaban J connectivity index is 2.17. The standard InChI is InChI=1S/C16H27N3O12P2/c1-10-8-18(16(23)19(15(10)22)13(21)5-3-2-4-6-17)14-7-11(20)12(30-14)9-29-33(27,28)31-32(24,25)26/h8,11-12,14,20H,2-7,9,17H2,1H3,(H,27,28)(H2,24,25,26)/t11-,12+,14+/m0/s1. The van der Waals surface area contributed by atoms with Crippen LogP contribution in [0.4, 0.5) is 0 Å². The van der Waals surface area contributed by atoms with Crippen LogP contribution in [0.1, 0.15) is 48.7 Å². The third-order valence-corrected chi connectivity index (χ3v) is 6.91. The maximum Gasteiger partial charge on any atom is 0.481 e. The average molecular weight is 515 g/mol. The average Bonchev–Trinajstić information content (AvgIpc) is 3.05. The Morgan fingerprint density at radius 2 is 1.91 bits per heavy atom. The summed E-state index contributed by atoms with van der Waals surface area (Å²) >= 11 is 0. The van der Waals surface area contributed by atoms with E-state index in [2.05, 4.69) is 8.83 Å². The summed E-state index contributed by atoms with van der Waals surface area (Å²) in [7, 11) is -10.5. The first-order valence-corrected chi connectivity index (χ1v) is 12.9. The van der Waals surface area contributed by atoms with Crippen molar-refractivity contribution < 1.29 is 47.3 Å². The molecule has 0 spiro atoms. The molecule has 0 aliphatic carbocycles. The molecule has 2 heterocycles. The van der Waals surface area contributed by atoms with Gasteiger partial charge in [0.1, 0.15) is 12.3 Å². The fraction of sp³-hybridized carbons (Fsp3) is 0.688. The number of phosphoric ester groups is 1. The van der Waals surface area contributed by atoms with Crippen molar-refractivity contribution in [3.8, 4) is 0 Å². The van der Waals surface area contributed by atoms with Crippen molar-refractivity contribution in [1.29, 1.82) is 0 Å². The van der Waals surface area contributed by atoms with E-state index in [1.165, 1.54) is 6.92 Å². The fourth-order valence-corrected chi connectivity index (χ4v) is 4.79. The Labute approximate surface area is 187 Å². The molecule has 1 saturated heterocycles. The number of aromatic nitrogens is 2. The van der Waals surface area contributed by atoms with Crippen LogP contribution < -0.4 is 17.0 Å². The Morgan fingerprint density at radius 1 is 1.24 bits per heavy atom. The van der Waals surface area contributed by atoms with Gasteiger partial charge in [0, 0.05) is 24.6 Å². The Morgan fingerprint density at radius 3 is 2.52 bits per heavy atom. The number of carbonyl (C=O) groups is 1. The van der Waals surface area contributed by atoms with Gasteiger partial charge in [-0.3, -0.25) is 18.7 Å². The zero-order chi connectivity index (χ0) is 25.0. The predicted molar refractivity (Wildman–Crippen MR) is 111 cm³/mol. The van der Waals surface area contributed by atoms with Crippen molar-refractivity contribution in [3.05, 3.63) is 32.6 Å². The first-order chi connectivity index (χ1) is 15.3. The molecule has 1 unspecified atom stereocenters. The molecular formula is C16H27N3O12P2. The first-order valence-electron chi connectivity index (χ1n) is 9.91. The molecule has 15 nitrogen and oxygen atoms in total. The third-order valence-electron chi connectivity index (χ3n) is 4.76. The largest absolute Gasteiger partial charge is 0.481 e. The highest BCUT2D eigenvalue weighted by molar-refractivity contribution is 7.60. The van der Waals surface area contributed by atoms with Gasteiger partial charge in [0.05, 0.1) is 12.7 Å². The van der Waals surface area contributed by atoms with Gasteiger partial charge in [-0.1, -0.05) is 6.42 Å². The minimum absolute atomic E-state index is 0.0471. The van der Waals surface area contributed by atoms with E-state index in [1.54, 1.807) is 0 Å². The van der Waals surface area contributed by atoms with Gasteiger partial charge in [-0.05, 0) is 26.3 Å². The highest BCUT2D eigenvalue weighted by atomic mass is 31.3. The van der Waals surface area contributed by atoms with E-state index in [4.69, 9.17) is 20.3 Å². The maximum absolute atomic E-state index is 12.8. The summed E-state index contributed by atoms with van der Waals surface area (Å²) in [4.78, 5) is 64.3.